The minimum atomic E-state index is -0.231. The molecule has 1 aromatic heterocycles. The summed E-state index contributed by atoms with van der Waals surface area (Å²) in [5.41, 5.74) is 1.75. The van der Waals surface area contributed by atoms with Crippen molar-refractivity contribution in [3.63, 3.8) is 0 Å². The van der Waals surface area contributed by atoms with Crippen molar-refractivity contribution in [2.75, 3.05) is 0 Å². The minimum absolute atomic E-state index is 0.215. The number of aromatic nitrogens is 2. The summed E-state index contributed by atoms with van der Waals surface area (Å²) >= 11 is 3.65. The molecule has 2 aromatic rings. The van der Waals surface area contributed by atoms with Crippen molar-refractivity contribution >= 4 is 27.0 Å². The Morgan fingerprint density at radius 3 is 2.72 bits per heavy atom. The van der Waals surface area contributed by atoms with Crippen LogP contribution in [0.5, 0.6) is 0 Å². The van der Waals surface area contributed by atoms with Gasteiger partial charge in [0, 0.05) is 12.6 Å². The maximum atomic E-state index is 13.3. The minimum Gasteiger partial charge on any atom is -0.327 e. The van der Waals surface area contributed by atoms with Crippen LogP contribution >= 0.6 is 15.9 Å². The van der Waals surface area contributed by atoms with Gasteiger partial charge in [-0.15, -0.1) is 0 Å². The van der Waals surface area contributed by atoms with Crippen LogP contribution in [0.25, 0.3) is 11.0 Å². The van der Waals surface area contributed by atoms with Crippen LogP contribution in [0.3, 0.4) is 0 Å². The van der Waals surface area contributed by atoms with Crippen LogP contribution in [-0.4, -0.2) is 9.55 Å². The van der Waals surface area contributed by atoms with E-state index in [0.29, 0.717) is 5.92 Å². The zero-order chi connectivity index (χ0) is 13.3. The van der Waals surface area contributed by atoms with Gasteiger partial charge in [0.2, 0.25) is 0 Å². The molecule has 1 unspecified atom stereocenters. The molecule has 2 rings (SSSR count). The van der Waals surface area contributed by atoms with Gasteiger partial charge >= 0.3 is 0 Å². The van der Waals surface area contributed by atoms with Crippen LogP contribution in [0.15, 0.2) is 18.2 Å². The number of halogens is 2. The average Bonchev–Trinajstić information content (AvgIpc) is 2.65. The number of fused-ring (bicyclic) bond motifs is 1. The van der Waals surface area contributed by atoms with E-state index in [1.165, 1.54) is 12.1 Å². The SMILES string of the molecule is CCC(Br)c1nc2cc(F)ccc2n1CC(C)C. The molecule has 0 aliphatic carbocycles. The lowest BCUT2D eigenvalue weighted by atomic mass is 10.2. The highest BCUT2D eigenvalue weighted by molar-refractivity contribution is 9.09. The smallest absolute Gasteiger partial charge is 0.125 e. The molecule has 18 heavy (non-hydrogen) atoms. The van der Waals surface area contributed by atoms with Crippen molar-refractivity contribution in [2.45, 2.75) is 38.6 Å². The molecule has 1 heterocycles. The molecule has 0 N–H and O–H groups in total. The van der Waals surface area contributed by atoms with Crippen molar-refractivity contribution < 1.29 is 4.39 Å². The van der Waals surface area contributed by atoms with Gasteiger partial charge in [-0.25, -0.2) is 9.37 Å². The first-order chi connectivity index (χ1) is 8.52. The number of alkyl halides is 1. The predicted molar refractivity (Wildman–Crippen MR) is 76.5 cm³/mol. The summed E-state index contributed by atoms with van der Waals surface area (Å²) in [7, 11) is 0. The molecule has 0 bridgehead atoms. The second-order valence-electron chi connectivity index (χ2n) is 4.98. The zero-order valence-corrected chi connectivity index (χ0v) is 12.5. The lowest BCUT2D eigenvalue weighted by molar-refractivity contribution is 0.514. The molecular weight excluding hydrogens is 295 g/mol. The van der Waals surface area contributed by atoms with Gasteiger partial charge in [-0.2, -0.15) is 0 Å². The molecule has 1 aromatic carbocycles. The van der Waals surface area contributed by atoms with Crippen molar-refractivity contribution in [1.82, 2.24) is 9.55 Å². The number of hydrogen-bond donors (Lipinski definition) is 0. The molecule has 0 aliphatic rings. The molecule has 0 aliphatic heterocycles. The molecule has 0 spiro atoms. The molecule has 0 fully saturated rings. The highest BCUT2D eigenvalue weighted by Gasteiger charge is 2.17. The normalized spacial score (nSPS) is 13.4. The van der Waals surface area contributed by atoms with Crippen molar-refractivity contribution in [3.8, 4) is 0 Å². The van der Waals surface area contributed by atoms with Gasteiger partial charge in [0.1, 0.15) is 11.6 Å². The summed E-state index contributed by atoms with van der Waals surface area (Å²) in [5, 5.41) is 0. The molecule has 0 saturated heterocycles. The van der Waals surface area contributed by atoms with Crippen molar-refractivity contribution in [2.24, 2.45) is 5.92 Å². The Hall–Kier alpha value is -0.900. The zero-order valence-electron chi connectivity index (χ0n) is 11.0. The van der Waals surface area contributed by atoms with Crippen LogP contribution in [0.1, 0.15) is 37.8 Å². The topological polar surface area (TPSA) is 17.8 Å². The third-order valence-corrected chi connectivity index (χ3v) is 3.98. The second-order valence-corrected chi connectivity index (χ2v) is 6.09. The summed E-state index contributed by atoms with van der Waals surface area (Å²) in [6.45, 7) is 7.36. The summed E-state index contributed by atoms with van der Waals surface area (Å²) in [6, 6.07) is 4.82. The molecule has 0 saturated carbocycles. The van der Waals surface area contributed by atoms with Gasteiger partial charge in [0.15, 0.2) is 0 Å². The van der Waals surface area contributed by atoms with Crippen molar-refractivity contribution in [1.29, 1.82) is 0 Å². The Bertz CT molecular complexity index is 548. The van der Waals surface area contributed by atoms with Gasteiger partial charge in [0.25, 0.3) is 0 Å². The lowest BCUT2D eigenvalue weighted by Gasteiger charge is -2.14. The predicted octanol–water partition coefficient (Wildman–Crippen LogP) is 4.68. The van der Waals surface area contributed by atoms with E-state index in [0.717, 1.165) is 29.8 Å². The van der Waals surface area contributed by atoms with Crippen molar-refractivity contribution in [3.05, 3.63) is 29.8 Å². The van der Waals surface area contributed by atoms with Crippen LogP contribution < -0.4 is 0 Å². The van der Waals surface area contributed by atoms with Gasteiger partial charge < -0.3 is 4.57 Å². The Kier molecular flexibility index (Phi) is 4.05. The van der Waals surface area contributed by atoms with E-state index in [2.05, 4.69) is 46.3 Å². The third-order valence-electron chi connectivity index (χ3n) is 2.93. The number of hydrogen-bond acceptors (Lipinski definition) is 1. The molecule has 1 atom stereocenters. The summed E-state index contributed by atoms with van der Waals surface area (Å²) in [6.07, 6.45) is 0.962. The van der Waals surface area contributed by atoms with E-state index < -0.39 is 0 Å². The number of benzene rings is 1. The van der Waals surface area contributed by atoms with Crippen LogP contribution in [0.4, 0.5) is 4.39 Å². The monoisotopic (exact) mass is 312 g/mol. The molecule has 98 valence electrons. The molecule has 0 radical (unpaired) electrons. The largest absolute Gasteiger partial charge is 0.327 e. The fourth-order valence-corrected chi connectivity index (χ4v) is 2.45. The maximum Gasteiger partial charge on any atom is 0.125 e. The van der Waals surface area contributed by atoms with Crippen LogP contribution in [0, 0.1) is 11.7 Å². The number of imidazole rings is 1. The van der Waals surface area contributed by atoms with Gasteiger partial charge in [-0.05, 0) is 24.5 Å². The fraction of sp³-hybridized carbons (Fsp3) is 0.500. The Balaban J connectivity index is 2.60. The Morgan fingerprint density at radius 2 is 2.11 bits per heavy atom. The maximum absolute atomic E-state index is 13.3. The highest BCUT2D eigenvalue weighted by Crippen LogP contribution is 2.29. The van der Waals surface area contributed by atoms with E-state index in [-0.39, 0.29) is 10.6 Å². The van der Waals surface area contributed by atoms with Gasteiger partial charge in [0.05, 0.1) is 15.9 Å². The summed E-state index contributed by atoms with van der Waals surface area (Å²) in [4.78, 5) is 4.79. The molecule has 2 nitrogen and oxygen atoms in total. The quantitative estimate of drug-likeness (QED) is 0.750. The molecular formula is C14H18BrFN2. The first kappa shape index (κ1) is 13.5. The molecule has 4 heteroatoms. The van der Waals surface area contributed by atoms with E-state index in [9.17, 15) is 4.39 Å². The van der Waals surface area contributed by atoms with Crippen LogP contribution in [-0.2, 0) is 6.54 Å². The summed E-state index contributed by atoms with van der Waals surface area (Å²) in [5.74, 6) is 1.29. The second kappa shape index (κ2) is 5.39. The van der Waals surface area contributed by atoms with E-state index in [1.54, 1.807) is 0 Å². The Labute approximate surface area is 115 Å². The Morgan fingerprint density at radius 1 is 1.39 bits per heavy atom. The van der Waals surface area contributed by atoms with Crippen LogP contribution in [0.2, 0.25) is 0 Å². The fourth-order valence-electron chi connectivity index (χ4n) is 2.10. The van der Waals surface area contributed by atoms with Gasteiger partial charge in [-0.3, -0.25) is 0 Å². The van der Waals surface area contributed by atoms with E-state index >= 15 is 0 Å². The van der Waals surface area contributed by atoms with E-state index in [1.807, 2.05) is 6.07 Å². The average molecular weight is 313 g/mol. The number of nitrogens with zero attached hydrogens (tertiary/aromatic N) is 2. The summed E-state index contributed by atoms with van der Waals surface area (Å²) < 4.78 is 15.5. The lowest BCUT2D eigenvalue weighted by Crippen LogP contribution is -2.09. The first-order valence-electron chi connectivity index (χ1n) is 6.32. The first-order valence-corrected chi connectivity index (χ1v) is 7.24. The standard InChI is InChI=1S/C14H18BrFN2/c1-4-11(15)14-17-12-7-10(16)5-6-13(12)18(14)8-9(2)3/h5-7,9,11H,4,8H2,1-3H3. The van der Waals surface area contributed by atoms with Gasteiger partial charge in [-0.1, -0.05) is 36.7 Å². The molecule has 0 amide bonds. The van der Waals surface area contributed by atoms with E-state index in [4.69, 9.17) is 0 Å². The highest BCUT2D eigenvalue weighted by atomic mass is 79.9. The third kappa shape index (κ3) is 2.58. The number of rotatable bonds is 4.